The van der Waals surface area contributed by atoms with E-state index in [-0.39, 0.29) is 22.7 Å². The fourth-order valence-corrected chi connectivity index (χ4v) is 3.98. The Morgan fingerprint density at radius 3 is 2.83 bits per heavy atom. The molecule has 24 heavy (non-hydrogen) atoms. The summed E-state index contributed by atoms with van der Waals surface area (Å²) in [6.45, 7) is 6.75. The van der Waals surface area contributed by atoms with Gasteiger partial charge < -0.3 is 19.0 Å². The summed E-state index contributed by atoms with van der Waals surface area (Å²) in [5.41, 5.74) is 1.83. The molecule has 128 valence electrons. The van der Waals surface area contributed by atoms with Gasteiger partial charge in [-0.1, -0.05) is 6.92 Å². The molecule has 1 N–H and O–H groups in total. The van der Waals surface area contributed by atoms with E-state index in [9.17, 15) is 9.90 Å². The van der Waals surface area contributed by atoms with Crippen LogP contribution < -0.4 is 4.74 Å². The van der Waals surface area contributed by atoms with Crippen molar-refractivity contribution in [2.24, 2.45) is 0 Å². The number of hydrogen-bond acceptors (Lipinski definition) is 4. The van der Waals surface area contributed by atoms with Crippen molar-refractivity contribution >= 4 is 11.6 Å². The van der Waals surface area contributed by atoms with Crippen molar-refractivity contribution < 1.29 is 19.4 Å². The fourth-order valence-electron chi connectivity index (χ4n) is 3.98. The van der Waals surface area contributed by atoms with Gasteiger partial charge in [-0.05, 0) is 33.1 Å². The monoisotopic (exact) mass is 330 g/mol. The van der Waals surface area contributed by atoms with Crippen LogP contribution in [0.5, 0.6) is 5.75 Å². The third-order valence-corrected chi connectivity index (χ3v) is 5.35. The predicted molar refractivity (Wildman–Crippen MR) is 87.8 cm³/mol. The molecule has 1 aliphatic carbocycles. The lowest BCUT2D eigenvalue weighted by atomic mass is 9.62. The first-order chi connectivity index (χ1) is 11.3. The Bertz CT molecular complexity index is 820. The summed E-state index contributed by atoms with van der Waals surface area (Å²) in [6.07, 6.45) is 6.24. The van der Waals surface area contributed by atoms with Crippen LogP contribution in [-0.4, -0.2) is 38.8 Å². The molecule has 2 saturated heterocycles. The van der Waals surface area contributed by atoms with Crippen molar-refractivity contribution in [3.63, 3.8) is 0 Å². The lowest BCUT2D eigenvalue weighted by Gasteiger charge is -2.41. The number of fused-ring (bicyclic) bond motifs is 2. The lowest BCUT2D eigenvalue weighted by Crippen LogP contribution is -2.45. The number of aromatic carboxylic acids is 1. The molecule has 2 aliphatic heterocycles. The number of aromatic nitrogens is 2. The maximum atomic E-state index is 11.6. The van der Waals surface area contributed by atoms with Crippen molar-refractivity contribution in [1.82, 2.24) is 9.38 Å². The molecule has 0 amide bonds. The lowest BCUT2D eigenvalue weighted by molar-refractivity contribution is 0.0154. The van der Waals surface area contributed by atoms with E-state index in [1.165, 1.54) is 0 Å². The number of rotatable bonds is 5. The van der Waals surface area contributed by atoms with Crippen molar-refractivity contribution in [2.75, 3.05) is 6.61 Å². The topological polar surface area (TPSA) is 73.1 Å². The van der Waals surface area contributed by atoms with Gasteiger partial charge in [0.1, 0.15) is 17.0 Å². The molecule has 1 unspecified atom stereocenters. The van der Waals surface area contributed by atoms with Crippen molar-refractivity contribution in [3.8, 4) is 5.75 Å². The minimum Gasteiger partial charge on any atom is -0.490 e. The number of nitrogens with zero attached hydrogens (tertiary/aromatic N) is 2. The Labute approximate surface area is 140 Å². The second-order valence-corrected chi connectivity index (χ2v) is 7.46. The number of carboxylic acid groups (broad SMARTS) is 1. The van der Waals surface area contributed by atoms with Gasteiger partial charge in [-0.25, -0.2) is 9.78 Å². The van der Waals surface area contributed by atoms with Crippen molar-refractivity contribution in [1.29, 1.82) is 0 Å². The summed E-state index contributed by atoms with van der Waals surface area (Å²) in [6, 6.07) is 1.73. The Morgan fingerprint density at radius 2 is 2.25 bits per heavy atom. The van der Waals surface area contributed by atoms with E-state index in [1.54, 1.807) is 16.7 Å². The van der Waals surface area contributed by atoms with Gasteiger partial charge in [-0.2, -0.15) is 0 Å². The van der Waals surface area contributed by atoms with Gasteiger partial charge >= 0.3 is 5.97 Å². The number of pyridine rings is 1. The van der Waals surface area contributed by atoms with E-state index in [0.29, 0.717) is 18.0 Å². The summed E-state index contributed by atoms with van der Waals surface area (Å²) in [5, 5.41) is 9.49. The molecule has 6 heteroatoms. The summed E-state index contributed by atoms with van der Waals surface area (Å²) >= 11 is 0. The van der Waals surface area contributed by atoms with Crippen molar-refractivity contribution in [2.45, 2.75) is 57.2 Å². The molecule has 5 rings (SSSR count). The molecule has 3 aliphatic rings. The Morgan fingerprint density at radius 1 is 1.50 bits per heavy atom. The average molecular weight is 330 g/mol. The first kappa shape index (κ1) is 15.4. The summed E-state index contributed by atoms with van der Waals surface area (Å²) in [7, 11) is 0. The number of hydrogen-bond donors (Lipinski definition) is 1. The quantitative estimate of drug-likeness (QED) is 0.912. The molecule has 4 heterocycles. The minimum atomic E-state index is -0.996. The molecule has 2 bridgehead atoms. The standard InChI is InChI=1S/C18H22N2O4/c1-4-11(2)24-13-5-15-19-14(7-20(15)6-12(13)16(21)22)18-8-17(3,9-18)23-10-18/h5-7,11H,4,8-10H2,1-3H3,(H,21,22). The SMILES string of the molecule is CCC(C)Oc1cc2nc(C34COC(C)(C3)C4)cn2cc1C(=O)O. The van der Waals surface area contributed by atoms with Crippen LogP contribution in [0, 0.1) is 0 Å². The summed E-state index contributed by atoms with van der Waals surface area (Å²) < 4.78 is 13.4. The smallest absolute Gasteiger partial charge is 0.341 e. The van der Waals surface area contributed by atoms with E-state index in [4.69, 9.17) is 14.5 Å². The largest absolute Gasteiger partial charge is 0.490 e. The molecular formula is C18H22N2O4. The highest BCUT2D eigenvalue weighted by Crippen LogP contribution is 2.58. The molecule has 0 radical (unpaired) electrons. The van der Waals surface area contributed by atoms with Gasteiger partial charge in [0.25, 0.3) is 0 Å². The fraction of sp³-hybridized carbons (Fsp3) is 0.556. The average Bonchev–Trinajstić information content (AvgIpc) is 3.16. The number of carboxylic acids is 1. The van der Waals surface area contributed by atoms with Crippen LogP contribution in [0.4, 0.5) is 0 Å². The Hall–Kier alpha value is -2.08. The molecule has 1 saturated carbocycles. The maximum Gasteiger partial charge on any atom is 0.341 e. The Balaban J connectivity index is 1.75. The third kappa shape index (κ3) is 2.20. The summed E-state index contributed by atoms with van der Waals surface area (Å²) in [4.78, 5) is 16.3. The van der Waals surface area contributed by atoms with E-state index < -0.39 is 5.97 Å². The van der Waals surface area contributed by atoms with Gasteiger partial charge in [0.2, 0.25) is 0 Å². The highest BCUT2D eigenvalue weighted by molar-refractivity contribution is 5.91. The Kier molecular flexibility index (Phi) is 3.19. The van der Waals surface area contributed by atoms with E-state index >= 15 is 0 Å². The van der Waals surface area contributed by atoms with Crippen LogP contribution in [0.15, 0.2) is 18.5 Å². The van der Waals surface area contributed by atoms with Crippen LogP contribution in [0.3, 0.4) is 0 Å². The van der Waals surface area contributed by atoms with Crippen LogP contribution in [-0.2, 0) is 10.2 Å². The molecule has 0 spiro atoms. The predicted octanol–water partition coefficient (Wildman–Crippen LogP) is 3.03. The number of carbonyl (C=O) groups is 1. The van der Waals surface area contributed by atoms with Gasteiger partial charge in [-0.15, -0.1) is 0 Å². The number of imidazole rings is 1. The van der Waals surface area contributed by atoms with Gasteiger partial charge in [-0.3, -0.25) is 0 Å². The van der Waals surface area contributed by atoms with Crippen LogP contribution >= 0.6 is 0 Å². The molecule has 3 fully saturated rings. The highest BCUT2D eigenvalue weighted by Gasteiger charge is 2.61. The van der Waals surface area contributed by atoms with E-state index in [2.05, 4.69) is 6.92 Å². The molecule has 2 aromatic heterocycles. The zero-order valence-electron chi connectivity index (χ0n) is 14.2. The third-order valence-electron chi connectivity index (χ3n) is 5.35. The zero-order valence-corrected chi connectivity index (χ0v) is 14.2. The second kappa shape index (κ2) is 4.96. The number of ether oxygens (including phenoxy) is 2. The second-order valence-electron chi connectivity index (χ2n) is 7.46. The van der Waals surface area contributed by atoms with Crippen LogP contribution in [0.1, 0.15) is 56.1 Å². The molecular weight excluding hydrogens is 308 g/mol. The molecule has 0 aromatic carbocycles. The van der Waals surface area contributed by atoms with Gasteiger partial charge in [0, 0.05) is 23.9 Å². The summed E-state index contributed by atoms with van der Waals surface area (Å²) in [5.74, 6) is -0.621. The molecule has 2 aromatic rings. The zero-order chi connectivity index (χ0) is 17.1. The van der Waals surface area contributed by atoms with E-state index in [1.807, 2.05) is 20.0 Å². The normalized spacial score (nSPS) is 29.5. The van der Waals surface area contributed by atoms with Gasteiger partial charge in [0.05, 0.1) is 24.0 Å². The van der Waals surface area contributed by atoms with E-state index in [0.717, 1.165) is 25.0 Å². The molecule has 1 atom stereocenters. The van der Waals surface area contributed by atoms with Crippen LogP contribution in [0.2, 0.25) is 0 Å². The first-order valence-corrected chi connectivity index (χ1v) is 8.41. The first-order valence-electron chi connectivity index (χ1n) is 8.41. The van der Waals surface area contributed by atoms with Gasteiger partial charge in [0.15, 0.2) is 0 Å². The van der Waals surface area contributed by atoms with Crippen molar-refractivity contribution in [3.05, 3.63) is 29.7 Å². The van der Waals surface area contributed by atoms with Crippen LogP contribution in [0.25, 0.3) is 5.65 Å². The maximum absolute atomic E-state index is 11.6. The molecule has 6 nitrogen and oxygen atoms in total. The minimum absolute atomic E-state index is 0.00709. The highest BCUT2D eigenvalue weighted by atomic mass is 16.5.